The van der Waals surface area contributed by atoms with Crippen molar-refractivity contribution >= 4 is 23.2 Å². The summed E-state index contributed by atoms with van der Waals surface area (Å²) in [4.78, 5) is 28.8. The molecule has 0 radical (unpaired) electrons. The quantitative estimate of drug-likeness (QED) is 0.140. The lowest BCUT2D eigenvalue weighted by molar-refractivity contribution is -0.921. The molecule has 0 saturated carbocycles. The number of quaternary nitrogens is 1. The number of rotatable bonds is 19. The molecule has 1 aliphatic rings. The zero-order valence-corrected chi connectivity index (χ0v) is 28.9. The molecule has 2 aromatic rings. The van der Waals surface area contributed by atoms with Crippen molar-refractivity contribution in [3.8, 4) is 0 Å². The predicted molar refractivity (Wildman–Crippen MR) is 185 cm³/mol. The van der Waals surface area contributed by atoms with E-state index in [1.165, 1.54) is 0 Å². The largest absolute Gasteiger partial charge is 0.378 e. The first kappa shape index (κ1) is 36.7. The summed E-state index contributed by atoms with van der Waals surface area (Å²) in [5, 5.41) is 6.40. The number of ether oxygens (including phenoxy) is 2. The number of unbranched alkanes of at least 4 members (excludes halogenated alkanes) is 1. The van der Waals surface area contributed by atoms with Crippen molar-refractivity contribution in [3.63, 3.8) is 0 Å². The smallest absolute Gasteiger partial charge is 0.279 e. The number of benzene rings is 2. The molecule has 250 valence electrons. The Morgan fingerprint density at radius 3 is 1.98 bits per heavy atom. The SMILES string of the molecule is CCCC[N+](CCC)(CCOCCOCCN1CCCCC1C(=O)Nc1c(C)cccc1C)CC(=O)Nc1c(C)cccc1C. The van der Waals surface area contributed by atoms with Crippen LogP contribution in [-0.2, 0) is 19.1 Å². The van der Waals surface area contributed by atoms with Crippen LogP contribution in [0.5, 0.6) is 0 Å². The Balaban J connectivity index is 1.43. The minimum absolute atomic E-state index is 0.0685. The summed E-state index contributed by atoms with van der Waals surface area (Å²) in [7, 11) is 0. The lowest BCUT2D eigenvalue weighted by Crippen LogP contribution is -2.55. The van der Waals surface area contributed by atoms with Crippen LogP contribution in [0.2, 0.25) is 0 Å². The number of carbonyl (C=O) groups excluding carboxylic acids is 2. The summed E-state index contributed by atoms with van der Waals surface area (Å²) in [6.45, 7) is 19.6. The first-order valence-corrected chi connectivity index (χ1v) is 17.2. The van der Waals surface area contributed by atoms with Gasteiger partial charge in [-0.05, 0) is 82.2 Å². The highest BCUT2D eigenvalue weighted by atomic mass is 16.5. The standard InChI is InChI=1S/C37H58N4O4/c1-7-9-22-41(21-8-2,28-34(42)38-35-29(3)14-12-15-30(35)4)23-25-45-27-26-44-24-20-40-19-11-10-18-33(40)37(43)39-36-31(5)16-13-17-32(36)6/h12-17,33H,7-11,18-28H2,1-6H3,(H-,38,39,42,43)/p+1. The maximum atomic E-state index is 13.3. The van der Waals surface area contributed by atoms with Crippen LogP contribution in [-0.4, -0.2) is 92.9 Å². The molecule has 0 spiro atoms. The van der Waals surface area contributed by atoms with Crippen molar-refractivity contribution in [1.29, 1.82) is 0 Å². The Morgan fingerprint density at radius 2 is 1.38 bits per heavy atom. The second-order valence-electron chi connectivity index (χ2n) is 12.9. The van der Waals surface area contributed by atoms with Gasteiger partial charge in [-0.3, -0.25) is 14.5 Å². The molecule has 8 nitrogen and oxygen atoms in total. The Morgan fingerprint density at radius 1 is 0.778 bits per heavy atom. The van der Waals surface area contributed by atoms with Crippen LogP contribution < -0.4 is 10.6 Å². The van der Waals surface area contributed by atoms with E-state index in [9.17, 15) is 9.59 Å². The Bertz CT molecular complexity index is 1180. The molecule has 1 heterocycles. The van der Waals surface area contributed by atoms with E-state index < -0.39 is 0 Å². The fraction of sp³-hybridized carbons (Fsp3) is 0.622. The van der Waals surface area contributed by atoms with E-state index in [4.69, 9.17) is 9.47 Å². The van der Waals surface area contributed by atoms with E-state index >= 15 is 0 Å². The van der Waals surface area contributed by atoms with Crippen LogP contribution in [0.1, 0.15) is 74.6 Å². The van der Waals surface area contributed by atoms with Gasteiger partial charge in [-0.1, -0.05) is 63.1 Å². The van der Waals surface area contributed by atoms with Crippen LogP contribution in [0.25, 0.3) is 0 Å². The Labute approximate surface area is 272 Å². The number of para-hydroxylation sites is 2. The fourth-order valence-electron chi connectivity index (χ4n) is 6.57. The molecule has 1 saturated heterocycles. The minimum Gasteiger partial charge on any atom is -0.378 e. The highest BCUT2D eigenvalue weighted by molar-refractivity contribution is 5.96. The lowest BCUT2D eigenvalue weighted by Gasteiger charge is -2.38. The highest BCUT2D eigenvalue weighted by Gasteiger charge is 2.30. The first-order chi connectivity index (χ1) is 21.7. The van der Waals surface area contributed by atoms with Crippen molar-refractivity contribution in [1.82, 2.24) is 4.90 Å². The van der Waals surface area contributed by atoms with Gasteiger partial charge in [0.2, 0.25) is 5.91 Å². The third-order valence-corrected chi connectivity index (χ3v) is 9.16. The zero-order valence-electron chi connectivity index (χ0n) is 28.9. The summed E-state index contributed by atoms with van der Waals surface area (Å²) in [6.07, 6.45) is 6.25. The van der Waals surface area contributed by atoms with E-state index in [2.05, 4.69) is 29.4 Å². The van der Waals surface area contributed by atoms with Gasteiger partial charge in [0, 0.05) is 17.9 Å². The molecule has 2 amide bonds. The van der Waals surface area contributed by atoms with Gasteiger partial charge in [0.05, 0.1) is 45.6 Å². The number of hydrogen-bond acceptors (Lipinski definition) is 5. The molecule has 0 bridgehead atoms. The number of piperidine rings is 1. The van der Waals surface area contributed by atoms with Gasteiger partial charge >= 0.3 is 0 Å². The molecule has 2 aromatic carbocycles. The monoisotopic (exact) mass is 623 g/mol. The van der Waals surface area contributed by atoms with Gasteiger partial charge in [0.1, 0.15) is 6.54 Å². The molecule has 8 heteroatoms. The van der Waals surface area contributed by atoms with E-state index in [1.807, 2.05) is 64.1 Å². The maximum Gasteiger partial charge on any atom is 0.279 e. The zero-order chi connectivity index (χ0) is 32.7. The molecule has 3 rings (SSSR count). The van der Waals surface area contributed by atoms with Crippen LogP contribution in [0.4, 0.5) is 11.4 Å². The van der Waals surface area contributed by atoms with Gasteiger partial charge < -0.3 is 24.6 Å². The van der Waals surface area contributed by atoms with Crippen molar-refractivity contribution in [2.45, 2.75) is 86.1 Å². The van der Waals surface area contributed by atoms with Gasteiger partial charge in [0.25, 0.3) is 5.91 Å². The normalized spacial score (nSPS) is 16.7. The van der Waals surface area contributed by atoms with Crippen LogP contribution in [0.15, 0.2) is 36.4 Å². The number of anilines is 2. The lowest BCUT2D eigenvalue weighted by atomic mass is 10.0. The van der Waals surface area contributed by atoms with E-state index in [0.717, 1.165) is 109 Å². The van der Waals surface area contributed by atoms with Gasteiger partial charge in [-0.2, -0.15) is 0 Å². The summed E-state index contributed by atoms with van der Waals surface area (Å²) < 4.78 is 12.7. The first-order valence-electron chi connectivity index (χ1n) is 17.2. The van der Waals surface area contributed by atoms with E-state index in [-0.39, 0.29) is 17.9 Å². The maximum absolute atomic E-state index is 13.3. The van der Waals surface area contributed by atoms with Gasteiger partial charge in [-0.15, -0.1) is 0 Å². The minimum atomic E-state index is -0.128. The Hall–Kier alpha value is -2.78. The van der Waals surface area contributed by atoms with Crippen molar-refractivity contribution in [3.05, 3.63) is 58.7 Å². The Kier molecular flexibility index (Phi) is 15.5. The van der Waals surface area contributed by atoms with E-state index in [0.29, 0.717) is 33.0 Å². The summed E-state index contributed by atoms with van der Waals surface area (Å²) in [5.74, 6) is 0.147. The molecule has 2 atom stereocenters. The number of carbonyl (C=O) groups is 2. The third-order valence-electron chi connectivity index (χ3n) is 9.16. The summed E-state index contributed by atoms with van der Waals surface area (Å²) >= 11 is 0. The molecular weight excluding hydrogens is 564 g/mol. The van der Waals surface area contributed by atoms with Crippen LogP contribution >= 0.6 is 0 Å². The number of hydrogen-bond donors (Lipinski definition) is 2. The molecule has 2 N–H and O–H groups in total. The molecule has 1 aliphatic heterocycles. The topological polar surface area (TPSA) is 79.9 Å². The van der Waals surface area contributed by atoms with Crippen LogP contribution in [0.3, 0.4) is 0 Å². The van der Waals surface area contributed by atoms with Gasteiger partial charge in [0.15, 0.2) is 6.54 Å². The predicted octanol–water partition coefficient (Wildman–Crippen LogP) is 6.41. The number of likely N-dealkylation sites (tertiary alicyclic amines) is 1. The molecule has 2 unspecified atom stereocenters. The average Bonchev–Trinajstić information content (AvgIpc) is 3.01. The molecule has 1 fully saturated rings. The van der Waals surface area contributed by atoms with Gasteiger partial charge in [-0.25, -0.2) is 0 Å². The molecule has 0 aromatic heterocycles. The van der Waals surface area contributed by atoms with Crippen LogP contribution in [0, 0.1) is 27.7 Å². The summed E-state index contributed by atoms with van der Waals surface area (Å²) in [5.41, 5.74) is 6.21. The molecular formula is C37H59N4O4+. The number of nitrogens with one attached hydrogen (secondary N) is 2. The number of nitrogens with zero attached hydrogens (tertiary/aromatic N) is 2. The second-order valence-corrected chi connectivity index (χ2v) is 12.9. The van der Waals surface area contributed by atoms with Crippen molar-refractivity contribution in [2.24, 2.45) is 0 Å². The third kappa shape index (κ3) is 11.5. The molecule has 0 aliphatic carbocycles. The average molecular weight is 624 g/mol. The van der Waals surface area contributed by atoms with Crippen molar-refractivity contribution < 1.29 is 23.5 Å². The fourth-order valence-corrected chi connectivity index (χ4v) is 6.57. The highest BCUT2D eigenvalue weighted by Crippen LogP contribution is 2.23. The molecule has 45 heavy (non-hydrogen) atoms. The number of aryl methyl sites for hydroxylation is 4. The van der Waals surface area contributed by atoms with Crippen molar-refractivity contribution in [2.75, 3.05) is 76.3 Å². The second kappa shape index (κ2) is 19.0. The van der Waals surface area contributed by atoms with E-state index in [1.54, 1.807) is 0 Å². The number of amides is 2. The summed E-state index contributed by atoms with van der Waals surface area (Å²) in [6, 6.07) is 12.1.